The fraction of sp³-hybridized carbons (Fsp3) is 0.263. The van der Waals surface area contributed by atoms with Crippen molar-refractivity contribution in [3.05, 3.63) is 52.7 Å². The lowest BCUT2D eigenvalue weighted by atomic mass is 10.2. The SMILES string of the molecule is O=C(COC(=O)c1ccc(NC(=O)C2CC2)cc1)Nc1ncc(C(F)(F)F)cc1Cl. The molecule has 1 aliphatic carbocycles. The molecule has 0 unspecified atom stereocenters. The summed E-state index contributed by atoms with van der Waals surface area (Å²) < 4.78 is 42.6. The second kappa shape index (κ2) is 8.70. The highest BCUT2D eigenvalue weighted by Gasteiger charge is 2.32. The van der Waals surface area contributed by atoms with Crippen molar-refractivity contribution in [2.75, 3.05) is 17.2 Å². The molecule has 1 saturated carbocycles. The van der Waals surface area contributed by atoms with Crippen LogP contribution in [0.3, 0.4) is 0 Å². The van der Waals surface area contributed by atoms with E-state index in [9.17, 15) is 27.6 Å². The molecular weight excluding hydrogens is 427 g/mol. The largest absolute Gasteiger partial charge is 0.452 e. The van der Waals surface area contributed by atoms with Gasteiger partial charge < -0.3 is 15.4 Å². The Morgan fingerprint density at radius 3 is 2.37 bits per heavy atom. The van der Waals surface area contributed by atoms with E-state index in [4.69, 9.17) is 16.3 Å². The van der Waals surface area contributed by atoms with E-state index in [0.29, 0.717) is 18.0 Å². The number of nitrogens with zero attached hydrogens (tertiary/aromatic N) is 1. The van der Waals surface area contributed by atoms with Gasteiger partial charge in [-0.2, -0.15) is 13.2 Å². The van der Waals surface area contributed by atoms with Crippen LogP contribution in [-0.2, 0) is 20.5 Å². The van der Waals surface area contributed by atoms with Crippen molar-refractivity contribution < 1.29 is 32.3 Å². The maximum Gasteiger partial charge on any atom is 0.417 e. The molecule has 1 aromatic heterocycles. The number of benzene rings is 1. The number of carbonyl (C=O) groups is 3. The summed E-state index contributed by atoms with van der Waals surface area (Å²) in [4.78, 5) is 39.0. The van der Waals surface area contributed by atoms with Gasteiger partial charge in [0.1, 0.15) is 0 Å². The van der Waals surface area contributed by atoms with Gasteiger partial charge in [-0.1, -0.05) is 11.6 Å². The Morgan fingerprint density at radius 1 is 1.13 bits per heavy atom. The minimum atomic E-state index is -4.62. The first-order chi connectivity index (χ1) is 14.1. The van der Waals surface area contributed by atoms with Crippen molar-refractivity contribution in [3.63, 3.8) is 0 Å². The molecule has 0 radical (unpaired) electrons. The van der Waals surface area contributed by atoms with E-state index in [-0.39, 0.29) is 23.2 Å². The third kappa shape index (κ3) is 5.69. The van der Waals surface area contributed by atoms with E-state index in [2.05, 4.69) is 15.6 Å². The van der Waals surface area contributed by atoms with E-state index >= 15 is 0 Å². The molecule has 3 rings (SSSR count). The Labute approximate surface area is 173 Å². The van der Waals surface area contributed by atoms with E-state index in [1.165, 1.54) is 24.3 Å². The zero-order valence-corrected chi connectivity index (χ0v) is 16.0. The van der Waals surface area contributed by atoms with Gasteiger partial charge in [0.25, 0.3) is 5.91 Å². The maximum atomic E-state index is 12.6. The van der Waals surface area contributed by atoms with Gasteiger partial charge in [0.2, 0.25) is 5.91 Å². The Hall–Kier alpha value is -3.14. The number of hydrogen-bond acceptors (Lipinski definition) is 5. The minimum Gasteiger partial charge on any atom is -0.452 e. The molecule has 1 aromatic carbocycles. The fourth-order valence-corrected chi connectivity index (χ4v) is 2.56. The smallest absolute Gasteiger partial charge is 0.417 e. The van der Waals surface area contributed by atoms with Crippen molar-refractivity contribution in [1.82, 2.24) is 4.98 Å². The molecule has 0 spiro atoms. The van der Waals surface area contributed by atoms with E-state index in [0.717, 1.165) is 12.8 Å². The Kier molecular flexibility index (Phi) is 6.25. The zero-order chi connectivity index (χ0) is 21.9. The number of amides is 2. The van der Waals surface area contributed by atoms with Gasteiger partial charge in [0.05, 0.1) is 16.1 Å². The summed E-state index contributed by atoms with van der Waals surface area (Å²) >= 11 is 5.70. The van der Waals surface area contributed by atoms with Crippen molar-refractivity contribution in [2.45, 2.75) is 19.0 Å². The minimum absolute atomic E-state index is 0.0424. The van der Waals surface area contributed by atoms with Crippen LogP contribution in [0, 0.1) is 5.92 Å². The summed E-state index contributed by atoms with van der Waals surface area (Å²) in [6, 6.07) is 6.54. The molecule has 0 bridgehead atoms. The van der Waals surface area contributed by atoms with Crippen LogP contribution < -0.4 is 10.6 Å². The van der Waals surface area contributed by atoms with Crippen molar-refractivity contribution >= 4 is 40.9 Å². The van der Waals surface area contributed by atoms with Gasteiger partial charge in [-0.15, -0.1) is 0 Å². The lowest BCUT2D eigenvalue weighted by Crippen LogP contribution is -2.22. The quantitative estimate of drug-likeness (QED) is 0.663. The molecular formula is C19H15ClF3N3O4. The number of ether oxygens (including phenoxy) is 1. The third-order valence-electron chi connectivity index (χ3n) is 4.10. The summed E-state index contributed by atoms with van der Waals surface area (Å²) in [7, 11) is 0. The molecule has 1 aliphatic rings. The first kappa shape index (κ1) is 21.6. The summed E-state index contributed by atoms with van der Waals surface area (Å²) in [5, 5.41) is 4.48. The molecule has 11 heteroatoms. The van der Waals surface area contributed by atoms with E-state index in [1.807, 2.05) is 0 Å². The zero-order valence-electron chi connectivity index (χ0n) is 15.3. The number of alkyl halides is 3. The van der Waals surface area contributed by atoms with Crippen molar-refractivity contribution in [2.24, 2.45) is 5.92 Å². The third-order valence-corrected chi connectivity index (χ3v) is 4.39. The van der Waals surface area contributed by atoms with Crippen LogP contribution in [0.5, 0.6) is 0 Å². The summed E-state index contributed by atoms with van der Waals surface area (Å²) in [6.07, 6.45) is -2.36. The van der Waals surface area contributed by atoms with Crippen LogP contribution in [0.1, 0.15) is 28.8 Å². The molecule has 0 aliphatic heterocycles. The van der Waals surface area contributed by atoms with Crippen molar-refractivity contribution in [1.29, 1.82) is 0 Å². The predicted molar refractivity (Wildman–Crippen MR) is 101 cm³/mol. The number of esters is 1. The number of carbonyl (C=O) groups excluding carboxylic acids is 3. The molecule has 0 atom stereocenters. The van der Waals surface area contributed by atoms with Gasteiger partial charge in [-0.25, -0.2) is 9.78 Å². The highest BCUT2D eigenvalue weighted by molar-refractivity contribution is 6.33. The number of aromatic nitrogens is 1. The monoisotopic (exact) mass is 441 g/mol. The molecule has 7 nitrogen and oxygen atoms in total. The predicted octanol–water partition coefficient (Wildman–Crippen LogP) is 3.90. The second-order valence-corrected chi connectivity index (χ2v) is 6.92. The van der Waals surface area contributed by atoms with Gasteiger partial charge in [-0.3, -0.25) is 9.59 Å². The first-order valence-corrected chi connectivity index (χ1v) is 9.12. The van der Waals surface area contributed by atoms with Crippen LogP contribution in [0.2, 0.25) is 5.02 Å². The van der Waals surface area contributed by atoms with Crippen LogP contribution in [0.15, 0.2) is 36.5 Å². The van der Waals surface area contributed by atoms with Crippen LogP contribution in [0.4, 0.5) is 24.7 Å². The number of rotatable bonds is 6. The molecule has 1 fully saturated rings. The lowest BCUT2D eigenvalue weighted by Gasteiger charge is -2.10. The van der Waals surface area contributed by atoms with Crippen LogP contribution in [-0.4, -0.2) is 29.4 Å². The highest BCUT2D eigenvalue weighted by Crippen LogP contribution is 2.32. The summed E-state index contributed by atoms with van der Waals surface area (Å²) in [6.45, 7) is -0.696. The Morgan fingerprint density at radius 2 is 1.80 bits per heavy atom. The van der Waals surface area contributed by atoms with Gasteiger partial charge in [-0.05, 0) is 43.2 Å². The number of anilines is 2. The topological polar surface area (TPSA) is 97.4 Å². The Bertz CT molecular complexity index is 976. The summed E-state index contributed by atoms with van der Waals surface area (Å²) in [5.41, 5.74) is -0.379. The fourth-order valence-electron chi connectivity index (χ4n) is 2.35. The van der Waals surface area contributed by atoms with Crippen LogP contribution in [0.25, 0.3) is 0 Å². The second-order valence-electron chi connectivity index (χ2n) is 6.52. The average Bonchev–Trinajstić information content (AvgIpc) is 3.53. The molecule has 2 amide bonds. The first-order valence-electron chi connectivity index (χ1n) is 8.74. The number of hydrogen-bond donors (Lipinski definition) is 2. The average molecular weight is 442 g/mol. The van der Waals surface area contributed by atoms with Gasteiger partial charge >= 0.3 is 12.1 Å². The van der Waals surface area contributed by atoms with Gasteiger partial charge in [0, 0.05) is 17.8 Å². The normalized spacial score (nSPS) is 13.5. The molecule has 2 aromatic rings. The highest BCUT2D eigenvalue weighted by atomic mass is 35.5. The van der Waals surface area contributed by atoms with E-state index < -0.39 is 35.2 Å². The molecule has 30 heavy (non-hydrogen) atoms. The summed E-state index contributed by atoms with van der Waals surface area (Å²) in [5.74, 6) is -1.94. The van der Waals surface area contributed by atoms with Crippen LogP contribution >= 0.6 is 11.6 Å². The molecule has 158 valence electrons. The molecule has 0 saturated heterocycles. The van der Waals surface area contributed by atoms with Gasteiger partial charge in [0.15, 0.2) is 12.4 Å². The number of pyridine rings is 1. The molecule has 2 N–H and O–H groups in total. The molecule has 1 heterocycles. The maximum absolute atomic E-state index is 12.6. The van der Waals surface area contributed by atoms with E-state index in [1.54, 1.807) is 0 Å². The van der Waals surface area contributed by atoms with Crippen molar-refractivity contribution in [3.8, 4) is 0 Å². The number of halogens is 4. The lowest BCUT2D eigenvalue weighted by molar-refractivity contribution is -0.137. The Balaban J connectivity index is 1.50. The standard InChI is InChI=1S/C19H15ClF3N3O4/c20-14-7-12(19(21,22)23)8-24-16(14)26-15(27)9-30-18(29)11-3-5-13(6-4-11)25-17(28)10-1-2-10/h3-8,10H,1-2,9H2,(H,25,28)(H,24,26,27). The number of nitrogens with one attached hydrogen (secondary N) is 2.